The summed E-state index contributed by atoms with van der Waals surface area (Å²) in [5.41, 5.74) is 1.30. The minimum absolute atomic E-state index is 0.388. The number of rotatable bonds is 6. The fourth-order valence-corrected chi connectivity index (χ4v) is 2.52. The molecule has 0 saturated heterocycles. The zero-order valence-electron chi connectivity index (χ0n) is 11.2. The van der Waals surface area contributed by atoms with E-state index in [1.807, 2.05) is 0 Å². The van der Waals surface area contributed by atoms with E-state index < -0.39 is 0 Å². The first-order chi connectivity index (χ1) is 8.70. The third-order valence-electron chi connectivity index (χ3n) is 3.50. The molecule has 1 N–H and O–H groups in total. The topological polar surface area (TPSA) is 21.3 Å². The first-order valence-electron chi connectivity index (χ1n) is 6.90. The molecule has 1 aliphatic rings. The van der Waals surface area contributed by atoms with E-state index in [-0.39, 0.29) is 0 Å². The first-order valence-corrected chi connectivity index (χ1v) is 7.69. The van der Waals surface area contributed by atoms with Crippen LogP contribution in [0.4, 0.5) is 0 Å². The molecule has 1 fully saturated rings. The molecule has 0 amide bonds. The predicted molar refractivity (Wildman–Crippen MR) is 79.1 cm³/mol. The third-order valence-corrected chi connectivity index (χ3v) is 4.12. The van der Waals surface area contributed by atoms with Gasteiger partial charge in [-0.05, 0) is 72.8 Å². The summed E-state index contributed by atoms with van der Waals surface area (Å²) < 4.78 is 7.00. The van der Waals surface area contributed by atoms with Crippen molar-refractivity contribution in [1.82, 2.24) is 5.32 Å². The highest BCUT2D eigenvalue weighted by molar-refractivity contribution is 9.10. The Hall–Kier alpha value is -0.540. The first kappa shape index (κ1) is 13.9. The second-order valence-corrected chi connectivity index (χ2v) is 5.89. The average Bonchev–Trinajstić information content (AvgIpc) is 2.32. The Morgan fingerprint density at radius 1 is 1.44 bits per heavy atom. The minimum Gasteiger partial charge on any atom is -0.489 e. The lowest BCUT2D eigenvalue weighted by atomic mass is 9.96. The molecule has 0 heterocycles. The largest absolute Gasteiger partial charge is 0.489 e. The van der Waals surface area contributed by atoms with Crippen LogP contribution >= 0.6 is 15.9 Å². The molecule has 0 radical (unpaired) electrons. The molecule has 1 aromatic rings. The van der Waals surface area contributed by atoms with Crippen LogP contribution in [0.25, 0.3) is 0 Å². The van der Waals surface area contributed by atoms with E-state index in [0.29, 0.717) is 12.1 Å². The average molecular weight is 312 g/mol. The van der Waals surface area contributed by atoms with Gasteiger partial charge in [0.15, 0.2) is 0 Å². The maximum absolute atomic E-state index is 5.93. The van der Waals surface area contributed by atoms with Crippen molar-refractivity contribution in [3.8, 4) is 5.75 Å². The summed E-state index contributed by atoms with van der Waals surface area (Å²) in [7, 11) is 0. The molecule has 1 unspecified atom stereocenters. The summed E-state index contributed by atoms with van der Waals surface area (Å²) >= 11 is 3.61. The van der Waals surface area contributed by atoms with Gasteiger partial charge >= 0.3 is 0 Å². The standard InChI is InChI=1S/C15H22BrNO/c1-3-9-17-11(2)12-7-8-15(14(16)10-12)18-13-5-4-6-13/h7-8,10-11,13,17H,3-6,9H2,1-2H3. The lowest BCUT2D eigenvalue weighted by Crippen LogP contribution is -2.24. The quantitative estimate of drug-likeness (QED) is 0.838. The molecule has 1 aliphatic carbocycles. The molecular formula is C15H22BrNO. The lowest BCUT2D eigenvalue weighted by molar-refractivity contribution is 0.119. The minimum atomic E-state index is 0.388. The Balaban J connectivity index is 1.99. The van der Waals surface area contributed by atoms with Crippen LogP contribution in [0.1, 0.15) is 51.1 Å². The fraction of sp³-hybridized carbons (Fsp3) is 0.600. The molecule has 0 aliphatic heterocycles. The van der Waals surface area contributed by atoms with E-state index in [0.717, 1.165) is 23.2 Å². The third kappa shape index (κ3) is 3.48. The van der Waals surface area contributed by atoms with Crippen molar-refractivity contribution in [3.63, 3.8) is 0 Å². The predicted octanol–water partition coefficient (Wildman–Crippen LogP) is 4.44. The molecule has 0 aromatic heterocycles. The molecule has 1 atom stereocenters. The van der Waals surface area contributed by atoms with Crippen LogP contribution in [-0.4, -0.2) is 12.6 Å². The zero-order chi connectivity index (χ0) is 13.0. The van der Waals surface area contributed by atoms with Gasteiger partial charge in [-0.15, -0.1) is 0 Å². The van der Waals surface area contributed by atoms with Gasteiger partial charge in [0.2, 0.25) is 0 Å². The summed E-state index contributed by atoms with van der Waals surface area (Å²) in [6, 6.07) is 6.80. The Morgan fingerprint density at radius 3 is 2.78 bits per heavy atom. The molecule has 3 heteroatoms. The van der Waals surface area contributed by atoms with Crippen molar-refractivity contribution in [1.29, 1.82) is 0 Å². The van der Waals surface area contributed by atoms with Gasteiger partial charge in [-0.1, -0.05) is 13.0 Å². The van der Waals surface area contributed by atoms with Gasteiger partial charge in [0.25, 0.3) is 0 Å². The summed E-state index contributed by atoms with van der Waals surface area (Å²) in [5.74, 6) is 0.978. The molecule has 1 saturated carbocycles. The molecule has 1 aromatic carbocycles. The van der Waals surface area contributed by atoms with Crippen molar-refractivity contribution in [2.45, 2.75) is 51.7 Å². The number of nitrogens with one attached hydrogen (secondary N) is 1. The van der Waals surface area contributed by atoms with Crippen molar-refractivity contribution in [2.24, 2.45) is 0 Å². The maximum Gasteiger partial charge on any atom is 0.133 e. The monoisotopic (exact) mass is 311 g/mol. The van der Waals surface area contributed by atoms with Gasteiger partial charge < -0.3 is 10.1 Å². The summed E-state index contributed by atoms with van der Waals surface area (Å²) in [4.78, 5) is 0. The van der Waals surface area contributed by atoms with E-state index in [9.17, 15) is 0 Å². The molecule has 2 rings (SSSR count). The number of benzene rings is 1. The van der Waals surface area contributed by atoms with Gasteiger partial charge in [0, 0.05) is 6.04 Å². The van der Waals surface area contributed by atoms with Crippen LogP contribution in [-0.2, 0) is 0 Å². The van der Waals surface area contributed by atoms with Crippen LogP contribution in [0.5, 0.6) is 5.75 Å². The SMILES string of the molecule is CCCNC(C)c1ccc(OC2CCC2)c(Br)c1. The van der Waals surface area contributed by atoms with Crippen molar-refractivity contribution < 1.29 is 4.74 Å². The molecule has 0 bridgehead atoms. The van der Waals surface area contributed by atoms with E-state index in [1.54, 1.807) is 0 Å². The Bertz CT molecular complexity index is 390. The number of ether oxygens (including phenoxy) is 1. The number of hydrogen-bond acceptors (Lipinski definition) is 2. The van der Waals surface area contributed by atoms with Crippen LogP contribution in [0.15, 0.2) is 22.7 Å². The van der Waals surface area contributed by atoms with Crippen molar-refractivity contribution >= 4 is 15.9 Å². The van der Waals surface area contributed by atoms with Gasteiger partial charge in [-0.2, -0.15) is 0 Å². The van der Waals surface area contributed by atoms with Gasteiger partial charge in [0.05, 0.1) is 10.6 Å². The van der Waals surface area contributed by atoms with Crippen molar-refractivity contribution in [2.75, 3.05) is 6.54 Å². The number of halogens is 1. The summed E-state index contributed by atoms with van der Waals surface area (Å²) in [5, 5.41) is 3.50. The van der Waals surface area contributed by atoms with Crippen LogP contribution in [0, 0.1) is 0 Å². The molecule has 2 nitrogen and oxygen atoms in total. The van der Waals surface area contributed by atoms with E-state index in [1.165, 1.54) is 24.8 Å². The Morgan fingerprint density at radius 2 is 2.22 bits per heavy atom. The summed E-state index contributed by atoms with van der Waals surface area (Å²) in [6.45, 7) is 5.44. The highest BCUT2D eigenvalue weighted by Gasteiger charge is 2.20. The molecule has 18 heavy (non-hydrogen) atoms. The zero-order valence-corrected chi connectivity index (χ0v) is 12.8. The Kier molecular flexibility index (Phi) is 5.07. The van der Waals surface area contributed by atoms with Gasteiger partial charge in [-0.3, -0.25) is 0 Å². The van der Waals surface area contributed by atoms with Crippen LogP contribution in [0.3, 0.4) is 0 Å². The molecular weight excluding hydrogens is 290 g/mol. The second kappa shape index (κ2) is 6.58. The van der Waals surface area contributed by atoms with Crippen LogP contribution < -0.4 is 10.1 Å². The normalized spacial score (nSPS) is 17.3. The second-order valence-electron chi connectivity index (χ2n) is 5.04. The highest BCUT2D eigenvalue weighted by atomic mass is 79.9. The van der Waals surface area contributed by atoms with Gasteiger partial charge in [0.1, 0.15) is 5.75 Å². The van der Waals surface area contributed by atoms with Gasteiger partial charge in [-0.25, -0.2) is 0 Å². The van der Waals surface area contributed by atoms with E-state index in [4.69, 9.17) is 4.74 Å². The number of hydrogen-bond donors (Lipinski definition) is 1. The molecule has 0 spiro atoms. The molecule has 100 valence electrons. The van der Waals surface area contributed by atoms with Crippen molar-refractivity contribution in [3.05, 3.63) is 28.2 Å². The lowest BCUT2D eigenvalue weighted by Gasteiger charge is -2.27. The highest BCUT2D eigenvalue weighted by Crippen LogP contribution is 2.32. The maximum atomic E-state index is 5.93. The smallest absolute Gasteiger partial charge is 0.133 e. The Labute approximate surface area is 118 Å². The van der Waals surface area contributed by atoms with Crippen LogP contribution in [0.2, 0.25) is 0 Å². The van der Waals surface area contributed by atoms with E-state index in [2.05, 4.69) is 53.3 Å². The van der Waals surface area contributed by atoms with E-state index >= 15 is 0 Å². The fourth-order valence-electron chi connectivity index (χ4n) is 2.03. The summed E-state index contributed by atoms with van der Waals surface area (Å²) in [6.07, 6.45) is 5.29.